The Hall–Kier alpha value is -0.795. The van der Waals surface area contributed by atoms with Crippen molar-refractivity contribution in [2.45, 2.75) is 0 Å². The van der Waals surface area contributed by atoms with Gasteiger partial charge >= 0.3 is 7.48 Å². The van der Waals surface area contributed by atoms with Crippen LogP contribution < -0.4 is 5.46 Å². The second-order valence-electron chi connectivity index (χ2n) is 2.02. The number of hydrogen-bond donors (Lipinski definition) is 1. The highest BCUT2D eigenvalue weighted by molar-refractivity contribution is 6.47. The van der Waals surface area contributed by atoms with E-state index in [0.717, 1.165) is 7.48 Å². The van der Waals surface area contributed by atoms with Crippen LogP contribution in [0, 0.1) is 0 Å². The Morgan fingerprint density at radius 2 is 2.27 bits per heavy atom. The molecule has 1 N–H and O–H groups in total. The largest absolute Gasteiger partial charge is 0.450 e. The van der Waals surface area contributed by atoms with Crippen LogP contribution in [0.2, 0.25) is 5.02 Å². The number of benzene rings is 1. The number of hydrogen-bond acceptors (Lipinski definition) is 2. The number of aldehydes is 1. The van der Waals surface area contributed by atoms with E-state index in [0.29, 0.717) is 22.3 Å². The van der Waals surface area contributed by atoms with E-state index in [9.17, 15) is 4.79 Å². The first-order valence-electron chi connectivity index (χ1n) is 3.00. The molecule has 0 amide bonds. The lowest BCUT2D eigenvalue weighted by atomic mass is 9.85. The van der Waals surface area contributed by atoms with Crippen LogP contribution in [0.4, 0.5) is 0 Å². The zero-order chi connectivity index (χ0) is 8.27. The average Bonchev–Trinajstić information content (AvgIpc) is 2.04. The normalized spacial score (nSPS) is 9.27. The van der Waals surface area contributed by atoms with Gasteiger partial charge in [0, 0.05) is 10.6 Å². The molecule has 0 aliphatic carbocycles. The first-order chi connectivity index (χ1) is 5.27. The summed E-state index contributed by atoms with van der Waals surface area (Å²) in [6.45, 7) is 0. The Kier molecular flexibility index (Phi) is 2.68. The van der Waals surface area contributed by atoms with Gasteiger partial charge < -0.3 is 5.02 Å². The Labute approximate surface area is 70.1 Å². The third-order valence-corrected chi connectivity index (χ3v) is 1.55. The molecular weight excluding hydrogens is 162 g/mol. The van der Waals surface area contributed by atoms with Gasteiger partial charge in [-0.15, -0.1) is 0 Å². The molecule has 55 valence electrons. The van der Waals surface area contributed by atoms with E-state index in [1.165, 1.54) is 6.07 Å². The third kappa shape index (κ3) is 1.82. The molecule has 0 fully saturated rings. The first-order valence-corrected chi connectivity index (χ1v) is 3.38. The monoisotopic (exact) mass is 167 g/mol. The molecule has 11 heavy (non-hydrogen) atoms. The minimum Gasteiger partial charge on any atom is -0.450 e. The highest BCUT2D eigenvalue weighted by Gasteiger charge is 2.01. The van der Waals surface area contributed by atoms with Crippen molar-refractivity contribution in [2.75, 3.05) is 0 Å². The molecule has 2 nitrogen and oxygen atoms in total. The Morgan fingerprint density at radius 1 is 1.55 bits per heavy atom. The summed E-state index contributed by atoms with van der Waals surface area (Å²) in [5, 5.41) is 9.10. The summed E-state index contributed by atoms with van der Waals surface area (Å²) >= 11 is 5.60. The van der Waals surface area contributed by atoms with Crippen molar-refractivity contribution >= 4 is 30.8 Å². The van der Waals surface area contributed by atoms with E-state index < -0.39 is 0 Å². The first kappa shape index (κ1) is 8.30. The summed E-state index contributed by atoms with van der Waals surface area (Å²) < 4.78 is 0. The molecule has 0 spiro atoms. The fourth-order valence-electron chi connectivity index (χ4n) is 0.765. The molecule has 1 aromatic rings. The number of rotatable bonds is 2. The fourth-order valence-corrected chi connectivity index (χ4v) is 0.946. The van der Waals surface area contributed by atoms with Crippen molar-refractivity contribution in [1.29, 1.82) is 0 Å². The highest BCUT2D eigenvalue weighted by Crippen LogP contribution is 2.06. The minimum atomic E-state index is 0.389. The van der Waals surface area contributed by atoms with Crippen LogP contribution in [0.5, 0.6) is 0 Å². The van der Waals surface area contributed by atoms with Crippen LogP contribution in [-0.4, -0.2) is 18.8 Å². The summed E-state index contributed by atoms with van der Waals surface area (Å²) in [5.41, 5.74) is 0.865. The quantitative estimate of drug-likeness (QED) is 0.511. The van der Waals surface area contributed by atoms with Gasteiger partial charge in [-0.2, -0.15) is 0 Å². The molecule has 1 radical (unpaired) electrons. The average molecular weight is 167 g/mol. The van der Waals surface area contributed by atoms with E-state index in [1.807, 2.05) is 0 Å². The zero-order valence-electron chi connectivity index (χ0n) is 5.62. The van der Waals surface area contributed by atoms with Gasteiger partial charge in [-0.05, 0) is 17.6 Å². The molecule has 1 rings (SSSR count). The summed E-state index contributed by atoms with van der Waals surface area (Å²) in [6, 6.07) is 4.68. The standard InChI is InChI=1S/C7H5BClO2/c9-6-1-2-7(8-11)5(3-6)4-10/h1-4,11H. The maximum atomic E-state index is 10.3. The molecule has 0 saturated heterocycles. The number of carbonyl (C=O) groups is 1. The Bertz CT molecular complexity index is 275. The molecular formula is C7H5BClO2. The molecule has 0 atom stereocenters. The van der Waals surface area contributed by atoms with Crippen molar-refractivity contribution in [1.82, 2.24) is 0 Å². The SMILES string of the molecule is O=Cc1cc(Cl)ccc1[B]O. The van der Waals surface area contributed by atoms with E-state index in [4.69, 9.17) is 16.6 Å². The smallest absolute Gasteiger partial charge is 0.327 e. The molecule has 0 aliphatic rings. The predicted octanol–water partition coefficient (Wildman–Crippen LogP) is 0.389. The van der Waals surface area contributed by atoms with Crippen molar-refractivity contribution in [3.8, 4) is 0 Å². The fraction of sp³-hybridized carbons (Fsp3) is 0. The van der Waals surface area contributed by atoms with E-state index in [1.54, 1.807) is 12.1 Å². The molecule has 0 bridgehead atoms. The summed E-state index contributed by atoms with van der Waals surface area (Å²) in [6.07, 6.45) is 0.647. The van der Waals surface area contributed by atoms with Crippen molar-refractivity contribution in [3.63, 3.8) is 0 Å². The van der Waals surface area contributed by atoms with Gasteiger partial charge in [0.25, 0.3) is 0 Å². The van der Waals surface area contributed by atoms with Gasteiger partial charge in [-0.1, -0.05) is 17.7 Å². The Morgan fingerprint density at radius 3 is 2.82 bits per heavy atom. The van der Waals surface area contributed by atoms with Gasteiger partial charge in [0.1, 0.15) is 6.29 Å². The maximum Gasteiger partial charge on any atom is 0.327 e. The number of carbonyl (C=O) groups excluding carboxylic acids is 1. The predicted molar refractivity (Wildman–Crippen MR) is 44.4 cm³/mol. The van der Waals surface area contributed by atoms with Gasteiger partial charge in [0.15, 0.2) is 0 Å². The lowest BCUT2D eigenvalue weighted by molar-refractivity contribution is 0.112. The van der Waals surface area contributed by atoms with Crippen molar-refractivity contribution < 1.29 is 9.82 Å². The molecule has 0 unspecified atom stereocenters. The second kappa shape index (κ2) is 3.55. The molecule has 0 heterocycles. The highest BCUT2D eigenvalue weighted by atomic mass is 35.5. The maximum absolute atomic E-state index is 10.3. The summed E-state index contributed by atoms with van der Waals surface area (Å²) in [5.74, 6) is 0. The lowest BCUT2D eigenvalue weighted by Gasteiger charge is -1.98. The van der Waals surface area contributed by atoms with Crippen molar-refractivity contribution in [2.24, 2.45) is 0 Å². The van der Waals surface area contributed by atoms with Crippen LogP contribution in [0.25, 0.3) is 0 Å². The van der Waals surface area contributed by atoms with E-state index in [-0.39, 0.29) is 0 Å². The number of halogens is 1. The van der Waals surface area contributed by atoms with Crippen LogP contribution in [-0.2, 0) is 0 Å². The summed E-state index contributed by atoms with van der Waals surface area (Å²) in [7, 11) is 0.875. The van der Waals surface area contributed by atoms with Crippen LogP contribution >= 0.6 is 11.6 Å². The van der Waals surface area contributed by atoms with Crippen LogP contribution in [0.1, 0.15) is 10.4 Å². The molecule has 1 aromatic carbocycles. The zero-order valence-corrected chi connectivity index (χ0v) is 6.38. The van der Waals surface area contributed by atoms with Gasteiger partial charge in [-0.25, -0.2) is 0 Å². The lowest BCUT2D eigenvalue weighted by Crippen LogP contribution is -2.18. The van der Waals surface area contributed by atoms with E-state index in [2.05, 4.69) is 0 Å². The van der Waals surface area contributed by atoms with E-state index >= 15 is 0 Å². The molecule has 0 saturated carbocycles. The molecule has 4 heteroatoms. The summed E-state index contributed by atoms with van der Waals surface area (Å²) in [4.78, 5) is 10.3. The van der Waals surface area contributed by atoms with Crippen molar-refractivity contribution in [3.05, 3.63) is 28.8 Å². The van der Waals surface area contributed by atoms with Crippen LogP contribution in [0.3, 0.4) is 0 Å². The van der Waals surface area contributed by atoms with Gasteiger partial charge in [0.2, 0.25) is 0 Å². The molecule has 0 aromatic heterocycles. The topological polar surface area (TPSA) is 37.3 Å². The van der Waals surface area contributed by atoms with Gasteiger partial charge in [0.05, 0.1) is 0 Å². The van der Waals surface area contributed by atoms with Crippen LogP contribution in [0.15, 0.2) is 18.2 Å². The van der Waals surface area contributed by atoms with Gasteiger partial charge in [-0.3, -0.25) is 4.79 Å². The Balaban J connectivity index is 3.16. The minimum absolute atomic E-state index is 0.389. The molecule has 0 aliphatic heterocycles. The third-order valence-electron chi connectivity index (χ3n) is 1.31. The second-order valence-corrected chi connectivity index (χ2v) is 2.46.